The summed E-state index contributed by atoms with van der Waals surface area (Å²) in [6, 6.07) is 7.70. The Bertz CT molecular complexity index is 1200. The van der Waals surface area contributed by atoms with E-state index < -0.39 is 5.91 Å². The average molecular weight is 447 g/mol. The summed E-state index contributed by atoms with van der Waals surface area (Å²) in [5, 5.41) is 3.18. The van der Waals surface area contributed by atoms with Crippen molar-refractivity contribution in [3.63, 3.8) is 0 Å². The maximum absolute atomic E-state index is 12.0. The third-order valence-corrected chi connectivity index (χ3v) is 5.76. The SMILES string of the molecule is C=CC(=O)N1CCC(N(C)c2cnc(C(N)=O)c(Nc3cccc(-c4nccn4C)c3)n2)C1. The number of carbonyl (C=O) groups is 2. The number of rotatable bonds is 7. The highest BCUT2D eigenvalue weighted by Gasteiger charge is 2.29. The molecule has 0 aliphatic carbocycles. The Hall–Kier alpha value is -4.21. The average Bonchev–Trinajstić information content (AvgIpc) is 3.47. The first kappa shape index (κ1) is 22.0. The van der Waals surface area contributed by atoms with E-state index in [1.54, 1.807) is 11.1 Å². The second kappa shape index (κ2) is 9.11. The second-order valence-electron chi connectivity index (χ2n) is 7.90. The van der Waals surface area contributed by atoms with Gasteiger partial charge >= 0.3 is 0 Å². The van der Waals surface area contributed by atoms with Crippen LogP contribution >= 0.6 is 0 Å². The van der Waals surface area contributed by atoms with Gasteiger partial charge in [0, 0.05) is 56.9 Å². The molecule has 1 aliphatic heterocycles. The quantitative estimate of drug-likeness (QED) is 0.532. The lowest BCUT2D eigenvalue weighted by Crippen LogP contribution is -2.36. The third-order valence-electron chi connectivity index (χ3n) is 5.76. The number of nitrogens with two attached hydrogens (primary N) is 1. The smallest absolute Gasteiger partial charge is 0.271 e. The summed E-state index contributed by atoms with van der Waals surface area (Å²) in [4.78, 5) is 40.9. The van der Waals surface area contributed by atoms with Gasteiger partial charge in [0.1, 0.15) is 11.6 Å². The first-order valence-corrected chi connectivity index (χ1v) is 10.5. The number of likely N-dealkylation sites (tertiary alicyclic amines) is 1. The topological polar surface area (TPSA) is 122 Å². The number of benzene rings is 1. The standard InChI is InChI=1S/C23H26N8O2/c1-4-19(32)31-10-8-17(14-31)30(3)18-13-26-20(21(24)33)22(28-18)27-16-7-5-6-15(12-16)23-25-9-11-29(23)2/h4-7,9,11-13,17H,1,8,10,14H2,2-3H3,(H2,24,33)(H,27,28). The molecule has 10 heteroatoms. The van der Waals surface area contributed by atoms with Gasteiger partial charge in [0.2, 0.25) is 5.91 Å². The number of hydrogen-bond acceptors (Lipinski definition) is 7. The number of primary amides is 1. The van der Waals surface area contributed by atoms with Crippen molar-refractivity contribution in [1.29, 1.82) is 0 Å². The molecule has 1 fully saturated rings. The predicted octanol–water partition coefficient (Wildman–Crippen LogP) is 1.94. The van der Waals surface area contributed by atoms with Crippen LogP contribution in [0.25, 0.3) is 11.4 Å². The fraction of sp³-hybridized carbons (Fsp3) is 0.261. The fourth-order valence-electron chi connectivity index (χ4n) is 3.91. The van der Waals surface area contributed by atoms with Crippen LogP contribution in [0.3, 0.4) is 0 Å². The lowest BCUT2D eigenvalue weighted by atomic mass is 10.2. The van der Waals surface area contributed by atoms with Gasteiger partial charge in [0.25, 0.3) is 5.91 Å². The summed E-state index contributed by atoms with van der Waals surface area (Å²) in [7, 11) is 3.82. The molecule has 10 nitrogen and oxygen atoms in total. The maximum atomic E-state index is 12.0. The number of imidazole rings is 1. The summed E-state index contributed by atoms with van der Waals surface area (Å²) in [5.74, 6) is 0.883. The van der Waals surface area contributed by atoms with Crippen molar-refractivity contribution < 1.29 is 9.59 Å². The Morgan fingerprint density at radius 1 is 1.33 bits per heavy atom. The van der Waals surface area contributed by atoms with Gasteiger partial charge in [0.15, 0.2) is 11.5 Å². The molecular formula is C23H26N8O2. The minimum absolute atomic E-state index is 0.0458. The van der Waals surface area contributed by atoms with Crippen molar-refractivity contribution in [2.24, 2.45) is 12.8 Å². The Balaban J connectivity index is 1.60. The molecule has 2 aromatic heterocycles. The fourth-order valence-corrected chi connectivity index (χ4v) is 3.91. The van der Waals surface area contributed by atoms with Crippen molar-refractivity contribution >= 4 is 29.1 Å². The number of nitrogens with zero attached hydrogens (tertiary/aromatic N) is 6. The molecule has 0 saturated carbocycles. The second-order valence-corrected chi connectivity index (χ2v) is 7.90. The van der Waals surface area contributed by atoms with Gasteiger partial charge in [-0.25, -0.2) is 15.0 Å². The molecule has 1 atom stereocenters. The first-order chi connectivity index (χ1) is 15.9. The van der Waals surface area contributed by atoms with Crippen LogP contribution in [0.5, 0.6) is 0 Å². The van der Waals surface area contributed by atoms with Crippen molar-refractivity contribution in [3.8, 4) is 11.4 Å². The highest BCUT2D eigenvalue weighted by Crippen LogP contribution is 2.26. The van der Waals surface area contributed by atoms with Crippen molar-refractivity contribution in [1.82, 2.24) is 24.4 Å². The van der Waals surface area contributed by atoms with Gasteiger partial charge in [-0.1, -0.05) is 18.7 Å². The van der Waals surface area contributed by atoms with Gasteiger partial charge in [-0.05, 0) is 24.6 Å². The first-order valence-electron chi connectivity index (χ1n) is 10.5. The molecule has 2 amide bonds. The molecule has 0 radical (unpaired) electrons. The van der Waals surface area contributed by atoms with Crippen LogP contribution < -0.4 is 16.0 Å². The molecule has 170 valence electrons. The van der Waals surface area contributed by atoms with E-state index in [0.29, 0.717) is 18.9 Å². The molecule has 3 aromatic rings. The van der Waals surface area contributed by atoms with Crippen LogP contribution in [-0.2, 0) is 11.8 Å². The van der Waals surface area contributed by atoms with Crippen LogP contribution in [0.15, 0.2) is 55.5 Å². The zero-order chi connectivity index (χ0) is 23.5. The Morgan fingerprint density at radius 2 is 2.15 bits per heavy atom. The van der Waals surface area contributed by atoms with Gasteiger partial charge in [-0.3, -0.25) is 9.59 Å². The maximum Gasteiger partial charge on any atom is 0.271 e. The zero-order valence-corrected chi connectivity index (χ0v) is 18.6. The van der Waals surface area contributed by atoms with Gasteiger partial charge < -0.3 is 25.4 Å². The summed E-state index contributed by atoms with van der Waals surface area (Å²) in [6.45, 7) is 4.77. The van der Waals surface area contributed by atoms with Crippen LogP contribution in [0.2, 0.25) is 0 Å². The van der Waals surface area contributed by atoms with Crippen LogP contribution in [0.4, 0.5) is 17.3 Å². The number of hydrogen-bond donors (Lipinski definition) is 2. The van der Waals surface area contributed by atoms with Crippen molar-refractivity contribution in [3.05, 3.63) is 61.2 Å². The van der Waals surface area contributed by atoms with Crippen LogP contribution in [-0.4, -0.2) is 62.4 Å². The van der Waals surface area contributed by atoms with Crippen molar-refractivity contribution in [2.45, 2.75) is 12.5 Å². The number of anilines is 3. The van der Waals surface area contributed by atoms with E-state index in [9.17, 15) is 9.59 Å². The largest absolute Gasteiger partial charge is 0.364 e. The lowest BCUT2D eigenvalue weighted by Gasteiger charge is -2.26. The number of likely N-dealkylation sites (N-methyl/N-ethyl adjacent to an activating group) is 1. The Kier molecular flexibility index (Phi) is 6.07. The molecule has 33 heavy (non-hydrogen) atoms. The minimum Gasteiger partial charge on any atom is -0.364 e. The summed E-state index contributed by atoms with van der Waals surface area (Å²) in [6.07, 6.45) is 7.25. The van der Waals surface area contributed by atoms with Gasteiger partial charge in [0.05, 0.1) is 6.20 Å². The number of nitrogens with one attached hydrogen (secondary N) is 1. The molecular weight excluding hydrogens is 420 g/mol. The zero-order valence-electron chi connectivity index (χ0n) is 18.6. The summed E-state index contributed by atoms with van der Waals surface area (Å²) < 4.78 is 1.92. The highest BCUT2D eigenvalue weighted by atomic mass is 16.2. The lowest BCUT2D eigenvalue weighted by molar-refractivity contribution is -0.125. The molecule has 1 aliphatic rings. The van der Waals surface area contributed by atoms with E-state index in [1.165, 1.54) is 12.3 Å². The van der Waals surface area contributed by atoms with E-state index in [1.807, 2.05) is 54.0 Å². The number of carbonyl (C=O) groups excluding carboxylic acids is 2. The Morgan fingerprint density at radius 3 is 2.85 bits per heavy atom. The van der Waals surface area contributed by atoms with E-state index >= 15 is 0 Å². The molecule has 1 saturated heterocycles. The highest BCUT2D eigenvalue weighted by molar-refractivity contribution is 5.96. The monoisotopic (exact) mass is 446 g/mol. The number of aryl methyl sites for hydroxylation is 1. The number of amides is 2. The third kappa shape index (κ3) is 4.54. The van der Waals surface area contributed by atoms with Gasteiger partial charge in [-0.2, -0.15) is 0 Å². The van der Waals surface area contributed by atoms with E-state index in [2.05, 4.69) is 26.8 Å². The molecule has 4 rings (SSSR count). The molecule has 1 unspecified atom stereocenters. The molecule has 0 spiro atoms. The minimum atomic E-state index is -0.678. The number of aromatic nitrogens is 4. The molecule has 1 aromatic carbocycles. The van der Waals surface area contributed by atoms with E-state index in [-0.39, 0.29) is 23.5 Å². The summed E-state index contributed by atoms with van der Waals surface area (Å²) in [5.41, 5.74) is 7.22. The molecule has 3 N–H and O–H groups in total. The normalized spacial score (nSPS) is 15.3. The molecule has 3 heterocycles. The van der Waals surface area contributed by atoms with Crippen LogP contribution in [0.1, 0.15) is 16.9 Å². The van der Waals surface area contributed by atoms with Crippen LogP contribution in [0, 0.1) is 0 Å². The van der Waals surface area contributed by atoms with Crippen molar-refractivity contribution in [2.75, 3.05) is 30.4 Å². The van der Waals surface area contributed by atoms with E-state index in [4.69, 9.17) is 5.73 Å². The molecule has 0 bridgehead atoms. The van der Waals surface area contributed by atoms with Gasteiger partial charge in [-0.15, -0.1) is 0 Å². The predicted molar refractivity (Wildman–Crippen MR) is 126 cm³/mol. The Labute approximate surface area is 191 Å². The summed E-state index contributed by atoms with van der Waals surface area (Å²) >= 11 is 0. The van der Waals surface area contributed by atoms with E-state index in [0.717, 1.165) is 23.5 Å².